The summed E-state index contributed by atoms with van der Waals surface area (Å²) in [6.07, 6.45) is 10.7. The van der Waals surface area contributed by atoms with E-state index in [4.69, 9.17) is 4.74 Å². The van der Waals surface area contributed by atoms with Crippen LogP contribution in [-0.2, 0) is 9.53 Å². The lowest BCUT2D eigenvalue weighted by molar-refractivity contribution is -0.154. The van der Waals surface area contributed by atoms with Crippen molar-refractivity contribution in [3.63, 3.8) is 0 Å². The first-order chi connectivity index (χ1) is 9.16. The third kappa shape index (κ3) is 3.71. The maximum absolute atomic E-state index is 12.5. The van der Waals surface area contributed by atoms with Crippen molar-refractivity contribution in [2.45, 2.75) is 83.2 Å². The molecular weight excluding hydrogens is 238 g/mol. The van der Waals surface area contributed by atoms with Crippen LogP contribution in [0, 0.1) is 5.92 Å². The molecule has 0 aliphatic heterocycles. The molecule has 2 rings (SSSR count). The molecule has 2 fully saturated rings. The summed E-state index contributed by atoms with van der Waals surface area (Å²) in [6, 6.07) is 0.517. The summed E-state index contributed by atoms with van der Waals surface area (Å²) in [5.41, 5.74) is -0.393. The summed E-state index contributed by atoms with van der Waals surface area (Å²) < 4.78 is 5.37. The molecule has 2 aliphatic rings. The van der Waals surface area contributed by atoms with Gasteiger partial charge in [0.05, 0.1) is 6.61 Å². The van der Waals surface area contributed by atoms with Crippen LogP contribution in [0.3, 0.4) is 0 Å². The third-order valence-corrected chi connectivity index (χ3v) is 4.75. The highest BCUT2D eigenvalue weighted by molar-refractivity contribution is 5.81. The van der Waals surface area contributed by atoms with Crippen molar-refractivity contribution in [2.24, 2.45) is 5.92 Å². The fourth-order valence-corrected chi connectivity index (χ4v) is 3.83. The average Bonchev–Trinajstić information content (AvgIpc) is 2.40. The second kappa shape index (κ2) is 6.74. The lowest BCUT2D eigenvalue weighted by atomic mass is 9.75. The van der Waals surface area contributed by atoms with Gasteiger partial charge in [-0.25, -0.2) is 0 Å². The van der Waals surface area contributed by atoms with Crippen LogP contribution < -0.4 is 5.32 Å². The number of esters is 1. The lowest BCUT2D eigenvalue weighted by Gasteiger charge is -2.42. The number of rotatable bonds is 4. The number of hydrogen-bond donors (Lipinski definition) is 1. The van der Waals surface area contributed by atoms with Crippen molar-refractivity contribution in [1.82, 2.24) is 5.32 Å². The molecule has 3 nitrogen and oxygen atoms in total. The molecule has 0 aromatic carbocycles. The van der Waals surface area contributed by atoms with E-state index in [9.17, 15) is 4.79 Å². The Balaban J connectivity index is 2.06. The summed E-state index contributed by atoms with van der Waals surface area (Å²) in [4.78, 5) is 12.5. The molecule has 3 heteroatoms. The first-order valence-electron chi connectivity index (χ1n) is 8.11. The fourth-order valence-electron chi connectivity index (χ4n) is 3.83. The van der Waals surface area contributed by atoms with Crippen molar-refractivity contribution in [3.05, 3.63) is 0 Å². The highest BCUT2D eigenvalue weighted by Gasteiger charge is 2.44. The second-order valence-electron chi connectivity index (χ2n) is 6.48. The molecule has 0 saturated heterocycles. The molecular formula is C16H29NO2. The Hall–Kier alpha value is -0.570. The van der Waals surface area contributed by atoms with Crippen molar-refractivity contribution in [1.29, 1.82) is 0 Å². The van der Waals surface area contributed by atoms with Gasteiger partial charge in [0, 0.05) is 6.04 Å². The van der Waals surface area contributed by atoms with Gasteiger partial charge in [-0.05, 0) is 38.5 Å². The van der Waals surface area contributed by atoms with E-state index in [0.29, 0.717) is 18.6 Å². The van der Waals surface area contributed by atoms with Crippen molar-refractivity contribution in [2.75, 3.05) is 6.61 Å². The van der Waals surface area contributed by atoms with Crippen molar-refractivity contribution >= 4 is 5.97 Å². The Morgan fingerprint density at radius 3 is 2.58 bits per heavy atom. The van der Waals surface area contributed by atoms with Gasteiger partial charge in [-0.1, -0.05) is 39.0 Å². The first-order valence-corrected chi connectivity index (χ1v) is 8.11. The molecule has 0 amide bonds. The molecule has 0 heterocycles. The minimum absolute atomic E-state index is 0.00729. The van der Waals surface area contributed by atoms with Crippen LogP contribution in [0.15, 0.2) is 0 Å². The number of carbonyl (C=O) groups is 1. The van der Waals surface area contributed by atoms with E-state index < -0.39 is 5.54 Å². The van der Waals surface area contributed by atoms with Gasteiger partial charge >= 0.3 is 5.97 Å². The zero-order chi connectivity index (χ0) is 13.7. The summed E-state index contributed by atoms with van der Waals surface area (Å²) in [5, 5.41) is 3.71. The van der Waals surface area contributed by atoms with Gasteiger partial charge in [0.2, 0.25) is 0 Å². The van der Waals surface area contributed by atoms with E-state index in [0.717, 1.165) is 19.3 Å². The van der Waals surface area contributed by atoms with Crippen LogP contribution in [0.1, 0.15) is 71.6 Å². The minimum atomic E-state index is -0.393. The van der Waals surface area contributed by atoms with Crippen molar-refractivity contribution < 1.29 is 9.53 Å². The molecule has 2 atom stereocenters. The van der Waals surface area contributed by atoms with Crippen molar-refractivity contribution in [3.8, 4) is 0 Å². The monoisotopic (exact) mass is 267 g/mol. The summed E-state index contributed by atoms with van der Waals surface area (Å²) in [6.45, 7) is 4.65. The Morgan fingerprint density at radius 1 is 1.21 bits per heavy atom. The molecule has 0 spiro atoms. The largest absolute Gasteiger partial charge is 0.465 e. The van der Waals surface area contributed by atoms with E-state index in [1.54, 1.807) is 0 Å². The average molecular weight is 267 g/mol. The Labute approximate surface area is 117 Å². The molecule has 0 bridgehead atoms. The molecule has 2 unspecified atom stereocenters. The minimum Gasteiger partial charge on any atom is -0.465 e. The Bertz CT molecular complexity index is 299. The van der Waals surface area contributed by atoms with Crippen LogP contribution >= 0.6 is 0 Å². The maximum atomic E-state index is 12.5. The number of carbonyl (C=O) groups excluding carboxylic acids is 1. The predicted molar refractivity (Wildman–Crippen MR) is 77.0 cm³/mol. The van der Waals surface area contributed by atoms with Gasteiger partial charge < -0.3 is 4.74 Å². The molecule has 2 saturated carbocycles. The molecule has 0 aromatic rings. The summed E-state index contributed by atoms with van der Waals surface area (Å²) in [5.74, 6) is 0.612. The quantitative estimate of drug-likeness (QED) is 0.793. The molecule has 1 N–H and O–H groups in total. The van der Waals surface area contributed by atoms with Crippen LogP contribution in [0.2, 0.25) is 0 Å². The molecule has 19 heavy (non-hydrogen) atoms. The highest BCUT2D eigenvalue weighted by Crippen LogP contribution is 2.35. The zero-order valence-corrected chi connectivity index (χ0v) is 12.5. The standard InChI is InChI=1S/C16H29NO2/c1-3-19-15(18)16(11-7-8-13(2)12-16)17-14-9-5-4-6-10-14/h13-14,17H,3-12H2,1-2H3. The zero-order valence-electron chi connectivity index (χ0n) is 12.5. The van der Waals surface area contributed by atoms with E-state index in [2.05, 4.69) is 12.2 Å². The highest BCUT2D eigenvalue weighted by atomic mass is 16.5. The summed E-state index contributed by atoms with van der Waals surface area (Å²) >= 11 is 0. The normalized spacial score (nSPS) is 33.1. The molecule has 2 aliphatic carbocycles. The third-order valence-electron chi connectivity index (χ3n) is 4.75. The smallest absolute Gasteiger partial charge is 0.326 e. The number of nitrogens with one attached hydrogen (secondary N) is 1. The Morgan fingerprint density at radius 2 is 1.95 bits per heavy atom. The summed E-state index contributed by atoms with van der Waals surface area (Å²) in [7, 11) is 0. The topological polar surface area (TPSA) is 38.3 Å². The van der Waals surface area contributed by atoms with E-state index >= 15 is 0 Å². The van der Waals surface area contributed by atoms with Crippen LogP contribution in [0.5, 0.6) is 0 Å². The number of ether oxygens (including phenoxy) is 1. The van der Waals surface area contributed by atoms with Crippen LogP contribution in [0.25, 0.3) is 0 Å². The van der Waals surface area contributed by atoms with E-state index in [-0.39, 0.29) is 5.97 Å². The van der Waals surface area contributed by atoms with Gasteiger partial charge in [0.15, 0.2) is 0 Å². The Kier molecular flexibility index (Phi) is 5.26. The first kappa shape index (κ1) is 14.8. The maximum Gasteiger partial charge on any atom is 0.326 e. The SMILES string of the molecule is CCOC(=O)C1(NC2CCCCC2)CCCC(C)C1. The van der Waals surface area contributed by atoms with Gasteiger partial charge in [-0.15, -0.1) is 0 Å². The van der Waals surface area contributed by atoms with Crippen LogP contribution in [-0.4, -0.2) is 24.2 Å². The van der Waals surface area contributed by atoms with Crippen LogP contribution in [0.4, 0.5) is 0 Å². The molecule has 0 aromatic heterocycles. The molecule has 0 radical (unpaired) electrons. The van der Waals surface area contributed by atoms with E-state index in [1.807, 2.05) is 6.92 Å². The van der Waals surface area contributed by atoms with E-state index in [1.165, 1.54) is 38.5 Å². The molecule has 110 valence electrons. The van der Waals surface area contributed by atoms with Gasteiger partial charge in [-0.2, -0.15) is 0 Å². The lowest BCUT2D eigenvalue weighted by Crippen LogP contribution is -2.59. The van der Waals surface area contributed by atoms with Gasteiger partial charge in [-0.3, -0.25) is 10.1 Å². The van der Waals surface area contributed by atoms with Gasteiger partial charge in [0.1, 0.15) is 5.54 Å². The van der Waals surface area contributed by atoms with Gasteiger partial charge in [0.25, 0.3) is 0 Å². The fraction of sp³-hybridized carbons (Fsp3) is 0.938. The second-order valence-corrected chi connectivity index (χ2v) is 6.48. The number of hydrogen-bond acceptors (Lipinski definition) is 3. The predicted octanol–water partition coefficient (Wildman–Crippen LogP) is 3.42.